The summed E-state index contributed by atoms with van der Waals surface area (Å²) in [5.41, 5.74) is -1.89. The highest BCUT2D eigenvalue weighted by Crippen LogP contribution is 2.34. The van der Waals surface area contributed by atoms with Crippen LogP contribution in [0.15, 0.2) is 42.5 Å². The molecule has 0 fully saturated rings. The van der Waals surface area contributed by atoms with Crippen LogP contribution >= 0.6 is 0 Å². The average Bonchev–Trinajstić information content (AvgIpc) is 2.41. The van der Waals surface area contributed by atoms with Gasteiger partial charge in [-0.3, -0.25) is 5.32 Å². The number of amides is 1. The number of para-hydroxylation sites is 1. The zero-order valence-electron chi connectivity index (χ0n) is 11.4. The van der Waals surface area contributed by atoms with E-state index in [9.17, 15) is 22.4 Å². The number of rotatable bonds is 2. The van der Waals surface area contributed by atoms with Crippen molar-refractivity contribution in [1.29, 1.82) is 0 Å². The average molecular weight is 313 g/mol. The van der Waals surface area contributed by atoms with Crippen LogP contribution in [0, 0.1) is 12.7 Å². The Morgan fingerprint density at radius 1 is 1.14 bits per heavy atom. The van der Waals surface area contributed by atoms with Crippen molar-refractivity contribution in [1.82, 2.24) is 0 Å². The van der Waals surface area contributed by atoms with Gasteiger partial charge >= 0.3 is 12.3 Å². The number of carbonyl (C=O) groups is 1. The molecule has 0 atom stereocenters. The Balaban J connectivity index is 2.20. The highest BCUT2D eigenvalue weighted by molar-refractivity contribution is 5.86. The summed E-state index contributed by atoms with van der Waals surface area (Å²) in [6.45, 7) is 1.14. The molecular formula is C15H11F4NO2. The van der Waals surface area contributed by atoms with E-state index in [1.54, 1.807) is 18.2 Å². The van der Waals surface area contributed by atoms with Gasteiger partial charge in [0.1, 0.15) is 11.6 Å². The molecular weight excluding hydrogens is 302 g/mol. The van der Waals surface area contributed by atoms with E-state index in [1.807, 2.05) is 5.32 Å². The molecule has 0 heterocycles. The smallest absolute Gasteiger partial charge is 0.410 e. The van der Waals surface area contributed by atoms with Crippen molar-refractivity contribution in [3.63, 3.8) is 0 Å². The summed E-state index contributed by atoms with van der Waals surface area (Å²) in [5, 5.41) is 1.96. The monoisotopic (exact) mass is 313 g/mol. The highest BCUT2D eigenvalue weighted by atomic mass is 19.4. The van der Waals surface area contributed by atoms with Gasteiger partial charge in [-0.2, -0.15) is 13.2 Å². The minimum atomic E-state index is -4.64. The van der Waals surface area contributed by atoms with Gasteiger partial charge in [0.25, 0.3) is 0 Å². The van der Waals surface area contributed by atoms with Gasteiger partial charge in [-0.25, -0.2) is 9.18 Å². The number of nitrogens with one attached hydrogen (secondary N) is 1. The summed E-state index contributed by atoms with van der Waals surface area (Å²) in [5.74, 6) is -0.793. The summed E-state index contributed by atoms with van der Waals surface area (Å²) < 4.78 is 56.8. The van der Waals surface area contributed by atoms with Crippen molar-refractivity contribution >= 4 is 11.8 Å². The first kappa shape index (κ1) is 15.8. The normalized spacial score (nSPS) is 11.1. The lowest BCUT2D eigenvalue weighted by atomic mass is 10.1. The highest BCUT2D eigenvalue weighted by Gasteiger charge is 2.33. The fourth-order valence-electron chi connectivity index (χ4n) is 1.80. The molecule has 0 aromatic heterocycles. The van der Waals surface area contributed by atoms with Crippen LogP contribution in [-0.4, -0.2) is 6.09 Å². The van der Waals surface area contributed by atoms with Crippen molar-refractivity contribution in [2.45, 2.75) is 13.1 Å². The zero-order valence-corrected chi connectivity index (χ0v) is 11.4. The second-order valence-electron chi connectivity index (χ2n) is 4.47. The second kappa shape index (κ2) is 6.05. The van der Waals surface area contributed by atoms with Crippen molar-refractivity contribution in [3.8, 4) is 5.75 Å². The minimum Gasteiger partial charge on any atom is -0.410 e. The number of carbonyl (C=O) groups excluding carboxylic acids is 1. The lowest BCUT2D eigenvalue weighted by Gasteiger charge is -2.13. The zero-order chi connectivity index (χ0) is 16.3. The van der Waals surface area contributed by atoms with Gasteiger partial charge in [-0.05, 0) is 36.8 Å². The van der Waals surface area contributed by atoms with Crippen molar-refractivity contribution in [2.24, 2.45) is 0 Å². The van der Waals surface area contributed by atoms with Crippen LogP contribution in [0.5, 0.6) is 5.75 Å². The first-order valence-electron chi connectivity index (χ1n) is 6.18. The molecule has 2 aromatic carbocycles. The number of halogens is 4. The topological polar surface area (TPSA) is 38.3 Å². The number of benzene rings is 2. The Morgan fingerprint density at radius 3 is 2.36 bits per heavy atom. The lowest BCUT2D eigenvalue weighted by molar-refractivity contribution is -0.138. The molecule has 0 aliphatic rings. The lowest BCUT2D eigenvalue weighted by Crippen LogP contribution is -2.18. The molecule has 0 saturated carbocycles. The number of ether oxygens (including phenoxy) is 1. The molecule has 1 N–H and O–H groups in total. The number of alkyl halides is 3. The first-order valence-corrected chi connectivity index (χ1v) is 6.18. The summed E-state index contributed by atoms with van der Waals surface area (Å²) >= 11 is 0. The van der Waals surface area contributed by atoms with Gasteiger partial charge in [0.05, 0.1) is 11.3 Å². The largest absolute Gasteiger partial charge is 0.417 e. The summed E-state index contributed by atoms with van der Waals surface area (Å²) in [6.07, 6.45) is -5.72. The van der Waals surface area contributed by atoms with Crippen LogP contribution in [0.25, 0.3) is 0 Å². The fraction of sp³-hybridized carbons (Fsp3) is 0.133. The number of anilines is 1. The van der Waals surface area contributed by atoms with Gasteiger partial charge in [0.15, 0.2) is 0 Å². The third-order valence-electron chi connectivity index (χ3n) is 2.81. The molecule has 1 amide bonds. The van der Waals surface area contributed by atoms with Crippen molar-refractivity contribution < 1.29 is 27.1 Å². The van der Waals surface area contributed by atoms with Crippen LogP contribution in [0.2, 0.25) is 0 Å². The summed E-state index contributed by atoms with van der Waals surface area (Å²) in [6, 6.07) is 9.12. The third-order valence-corrected chi connectivity index (χ3v) is 2.81. The Bertz CT molecular complexity index is 684. The maximum atomic E-state index is 13.7. The molecule has 2 rings (SSSR count). The fourth-order valence-corrected chi connectivity index (χ4v) is 1.80. The van der Waals surface area contributed by atoms with E-state index in [4.69, 9.17) is 4.74 Å². The summed E-state index contributed by atoms with van der Waals surface area (Å²) in [4.78, 5) is 11.6. The van der Waals surface area contributed by atoms with E-state index in [0.29, 0.717) is 12.1 Å². The van der Waals surface area contributed by atoms with E-state index in [2.05, 4.69) is 0 Å². The molecule has 2 aromatic rings. The third kappa shape index (κ3) is 3.75. The maximum Gasteiger partial charge on any atom is 0.417 e. The molecule has 0 aliphatic heterocycles. The molecule has 22 heavy (non-hydrogen) atoms. The van der Waals surface area contributed by atoms with Gasteiger partial charge in [0.2, 0.25) is 0 Å². The van der Waals surface area contributed by atoms with Crippen molar-refractivity contribution in [2.75, 3.05) is 5.32 Å². The van der Waals surface area contributed by atoms with Crippen molar-refractivity contribution in [3.05, 3.63) is 59.4 Å². The number of hydrogen-bond acceptors (Lipinski definition) is 2. The van der Waals surface area contributed by atoms with Crippen LogP contribution < -0.4 is 10.1 Å². The number of aryl methyl sites for hydroxylation is 1. The van der Waals surface area contributed by atoms with E-state index in [-0.39, 0.29) is 11.3 Å². The van der Waals surface area contributed by atoms with Crippen LogP contribution in [0.1, 0.15) is 11.1 Å². The molecule has 7 heteroatoms. The number of hydrogen-bond donors (Lipinski definition) is 1. The molecule has 0 unspecified atom stereocenters. The Labute approximate surface area is 123 Å². The molecule has 0 spiro atoms. The predicted octanol–water partition coefficient (Wildman–Crippen LogP) is 4.76. The van der Waals surface area contributed by atoms with Crippen LogP contribution in [0.3, 0.4) is 0 Å². The van der Waals surface area contributed by atoms with Gasteiger partial charge in [0, 0.05) is 0 Å². The molecule has 0 bridgehead atoms. The Kier molecular flexibility index (Phi) is 4.35. The SMILES string of the molecule is Cc1cc(F)c(NC(=O)Oc2ccccc2)cc1C(F)(F)F. The molecule has 3 nitrogen and oxygen atoms in total. The predicted molar refractivity (Wildman–Crippen MR) is 72.2 cm³/mol. The van der Waals surface area contributed by atoms with E-state index in [0.717, 1.165) is 6.92 Å². The van der Waals surface area contributed by atoms with E-state index >= 15 is 0 Å². The van der Waals surface area contributed by atoms with Gasteiger partial charge in [-0.1, -0.05) is 18.2 Å². The van der Waals surface area contributed by atoms with E-state index < -0.39 is 29.3 Å². The van der Waals surface area contributed by atoms with Crippen LogP contribution in [-0.2, 0) is 6.18 Å². The molecule has 0 radical (unpaired) electrons. The van der Waals surface area contributed by atoms with Crippen LogP contribution in [0.4, 0.5) is 28.0 Å². The summed E-state index contributed by atoms with van der Waals surface area (Å²) in [7, 11) is 0. The first-order chi connectivity index (χ1) is 10.3. The molecule has 0 aliphatic carbocycles. The Morgan fingerprint density at radius 2 is 1.77 bits per heavy atom. The van der Waals surface area contributed by atoms with E-state index in [1.165, 1.54) is 12.1 Å². The standard InChI is InChI=1S/C15H11F4NO2/c1-9-7-12(16)13(8-11(9)15(17,18)19)20-14(21)22-10-5-3-2-4-6-10/h2-8H,1H3,(H,20,21). The maximum absolute atomic E-state index is 13.7. The Hall–Kier alpha value is -2.57. The van der Waals surface area contributed by atoms with Gasteiger partial charge < -0.3 is 4.74 Å². The molecule has 116 valence electrons. The quantitative estimate of drug-likeness (QED) is 0.812. The minimum absolute atomic E-state index is 0.184. The molecule has 0 saturated heterocycles. The second-order valence-corrected chi connectivity index (χ2v) is 4.47. The van der Waals surface area contributed by atoms with Gasteiger partial charge in [-0.15, -0.1) is 0 Å².